The summed E-state index contributed by atoms with van der Waals surface area (Å²) in [7, 11) is 1.65. The molecule has 1 unspecified atom stereocenters. The zero-order valence-corrected chi connectivity index (χ0v) is 40.0. The van der Waals surface area contributed by atoms with Gasteiger partial charge in [0.15, 0.2) is 0 Å². The minimum Gasteiger partial charge on any atom is -0.462 e. The quantitative estimate of drug-likeness (QED) is 0.0369. The van der Waals surface area contributed by atoms with E-state index in [9.17, 15) is 19.2 Å². The normalized spacial score (nSPS) is 12.1. The van der Waals surface area contributed by atoms with Crippen molar-refractivity contribution in [3.05, 3.63) is 20.4 Å². The van der Waals surface area contributed by atoms with Gasteiger partial charge in [-0.05, 0) is 83.6 Å². The van der Waals surface area contributed by atoms with Gasteiger partial charge in [0, 0.05) is 66.0 Å². The Hall–Kier alpha value is -2.50. The van der Waals surface area contributed by atoms with Crippen molar-refractivity contribution in [2.75, 3.05) is 70.3 Å². The lowest BCUT2D eigenvalue weighted by molar-refractivity contribution is -0.151. The summed E-state index contributed by atoms with van der Waals surface area (Å²) in [6.07, 6.45) is 30.8. The molecule has 61 heavy (non-hydrogen) atoms. The highest BCUT2D eigenvalue weighted by atomic mass is 16.5. The molecule has 11 heteroatoms. The van der Waals surface area contributed by atoms with Gasteiger partial charge in [0.05, 0.1) is 0 Å². The van der Waals surface area contributed by atoms with Crippen LogP contribution in [0.5, 0.6) is 0 Å². The summed E-state index contributed by atoms with van der Waals surface area (Å²) in [4.78, 5) is 51.3. The van der Waals surface area contributed by atoms with E-state index in [1.54, 1.807) is 7.05 Å². The molecule has 356 valence electrons. The number of rotatable bonds is 46. The predicted molar refractivity (Wildman–Crippen MR) is 254 cm³/mol. The fourth-order valence-electron chi connectivity index (χ4n) is 7.83. The van der Waals surface area contributed by atoms with Gasteiger partial charge < -0.3 is 34.5 Å². The van der Waals surface area contributed by atoms with Crippen LogP contribution in [0.2, 0.25) is 0 Å². The fourth-order valence-corrected chi connectivity index (χ4v) is 7.83. The molecule has 0 aliphatic heterocycles. The van der Waals surface area contributed by atoms with Crippen LogP contribution in [0, 0.1) is 0 Å². The Morgan fingerprint density at radius 2 is 0.885 bits per heavy atom. The van der Waals surface area contributed by atoms with E-state index in [-0.39, 0.29) is 24.1 Å². The van der Waals surface area contributed by atoms with Crippen molar-refractivity contribution < 1.29 is 28.5 Å². The highest BCUT2D eigenvalue weighted by molar-refractivity contribution is 5.73. The van der Waals surface area contributed by atoms with E-state index in [0.717, 1.165) is 83.8 Å². The molecule has 11 nitrogen and oxygen atoms in total. The second-order valence-electron chi connectivity index (χ2n) is 17.2. The molecule has 0 bridgehead atoms. The minimum absolute atomic E-state index is 0.0191. The molecule has 0 radical (unpaired) electrons. The molecule has 0 spiro atoms. The first kappa shape index (κ1) is 56.5. The fraction of sp³-hybridized carbons (Fsp3) is 0.880. The number of ether oxygens (including phenoxy) is 4. The molecule has 0 fully saturated rings. The number of carbonyl (C=O) groups excluding carboxylic acids is 2. The van der Waals surface area contributed by atoms with Gasteiger partial charge in [0.25, 0.3) is 10.9 Å². The summed E-state index contributed by atoms with van der Waals surface area (Å²) in [6.45, 7) is 14.2. The Labute approximate surface area is 372 Å². The standard InChI is InChI=1S/C50H93N3O8/c1-6-10-13-16-19-22-30-43(9-4)60-45(54)33-25-39-58-41-28-37-53(36-27-35-52-48-47(51-5)49(56)50(48)57)38-29-42-59-40-26-34-46(55)61-44(31-23-20-17-14-11-7-2)32-24-21-18-15-12-8-3/h43-44,51-52H,6-42H2,1-5H3. The summed E-state index contributed by atoms with van der Waals surface area (Å²) >= 11 is 0. The Morgan fingerprint density at radius 3 is 1.34 bits per heavy atom. The van der Waals surface area contributed by atoms with Crippen LogP contribution >= 0.6 is 0 Å². The van der Waals surface area contributed by atoms with Gasteiger partial charge >= 0.3 is 11.9 Å². The van der Waals surface area contributed by atoms with E-state index in [2.05, 4.69) is 43.2 Å². The van der Waals surface area contributed by atoms with Gasteiger partial charge in [-0.1, -0.05) is 124 Å². The summed E-state index contributed by atoms with van der Waals surface area (Å²) in [5.41, 5.74) is -0.193. The van der Waals surface area contributed by atoms with Gasteiger partial charge in [-0.15, -0.1) is 0 Å². The van der Waals surface area contributed by atoms with Crippen LogP contribution in [0.3, 0.4) is 0 Å². The third-order valence-corrected chi connectivity index (χ3v) is 11.7. The van der Waals surface area contributed by atoms with Gasteiger partial charge in [0.2, 0.25) is 0 Å². The van der Waals surface area contributed by atoms with Gasteiger partial charge in [-0.3, -0.25) is 19.2 Å². The SMILES string of the molecule is CCCCCCCCC(CC)OC(=O)CCCOCCCN(CCCNc1c(NC)c(=O)c1=O)CCCOCCCC(=O)OC(CCCCCCCC)CCCCCCCC. The number of carbonyl (C=O) groups is 2. The molecule has 1 rings (SSSR count). The molecular weight excluding hydrogens is 771 g/mol. The van der Waals surface area contributed by atoms with Crippen molar-refractivity contribution in [3.8, 4) is 0 Å². The van der Waals surface area contributed by atoms with Crippen LogP contribution < -0.4 is 21.5 Å². The van der Waals surface area contributed by atoms with E-state index in [0.29, 0.717) is 70.0 Å². The maximum absolute atomic E-state index is 12.8. The minimum atomic E-state index is -0.467. The van der Waals surface area contributed by atoms with Gasteiger partial charge in [-0.25, -0.2) is 0 Å². The number of unbranched alkanes of at least 4 members (excludes halogenated alkanes) is 15. The predicted octanol–water partition coefficient (Wildman–Crippen LogP) is 11.3. The van der Waals surface area contributed by atoms with Crippen molar-refractivity contribution >= 4 is 23.3 Å². The van der Waals surface area contributed by atoms with E-state index in [1.807, 2.05) is 0 Å². The molecule has 1 atom stereocenters. The van der Waals surface area contributed by atoms with Crippen molar-refractivity contribution in [1.29, 1.82) is 0 Å². The number of nitrogens with one attached hydrogen (secondary N) is 2. The molecule has 0 amide bonds. The molecule has 0 aromatic heterocycles. The highest BCUT2D eigenvalue weighted by Crippen LogP contribution is 2.19. The molecule has 1 aromatic rings. The number of nitrogens with zero attached hydrogens (tertiary/aromatic N) is 1. The summed E-state index contributed by atoms with van der Waals surface area (Å²) in [5, 5.41) is 5.94. The Kier molecular flexibility index (Phi) is 37.3. The van der Waals surface area contributed by atoms with Crippen LogP contribution in [0.15, 0.2) is 9.59 Å². The maximum Gasteiger partial charge on any atom is 0.306 e. The largest absolute Gasteiger partial charge is 0.462 e. The zero-order valence-electron chi connectivity index (χ0n) is 40.0. The van der Waals surface area contributed by atoms with Gasteiger partial charge in [0.1, 0.15) is 23.6 Å². The number of hydrogen-bond donors (Lipinski definition) is 2. The molecule has 0 saturated carbocycles. The second kappa shape index (κ2) is 40.3. The molecule has 0 aliphatic rings. The molecule has 0 aliphatic carbocycles. The lowest BCUT2D eigenvalue weighted by Gasteiger charge is -2.23. The van der Waals surface area contributed by atoms with Crippen molar-refractivity contribution in [3.63, 3.8) is 0 Å². The third kappa shape index (κ3) is 30.3. The van der Waals surface area contributed by atoms with Crippen molar-refractivity contribution in [1.82, 2.24) is 4.90 Å². The van der Waals surface area contributed by atoms with Gasteiger partial charge in [-0.2, -0.15) is 0 Å². The summed E-state index contributed by atoms with van der Waals surface area (Å²) in [5.74, 6) is -0.220. The maximum atomic E-state index is 12.8. The number of esters is 2. The molecule has 2 N–H and O–H groups in total. The average molecular weight is 864 g/mol. The Morgan fingerprint density at radius 1 is 0.492 bits per heavy atom. The van der Waals surface area contributed by atoms with Crippen LogP contribution in [0.4, 0.5) is 11.4 Å². The number of anilines is 2. The van der Waals surface area contributed by atoms with Crippen LogP contribution in [-0.4, -0.2) is 88.7 Å². The van der Waals surface area contributed by atoms with Crippen LogP contribution in [0.25, 0.3) is 0 Å². The molecule has 1 aromatic carbocycles. The topological polar surface area (TPSA) is 132 Å². The third-order valence-electron chi connectivity index (χ3n) is 11.7. The first-order valence-corrected chi connectivity index (χ1v) is 25.3. The Balaban J connectivity index is 2.41. The molecular formula is C50H93N3O8. The Bertz CT molecular complexity index is 1240. The average Bonchev–Trinajstić information content (AvgIpc) is 3.26. The van der Waals surface area contributed by atoms with E-state index < -0.39 is 10.9 Å². The monoisotopic (exact) mass is 864 g/mol. The van der Waals surface area contributed by atoms with Crippen LogP contribution in [-0.2, 0) is 28.5 Å². The van der Waals surface area contributed by atoms with Crippen molar-refractivity contribution in [2.24, 2.45) is 0 Å². The zero-order chi connectivity index (χ0) is 44.6. The summed E-state index contributed by atoms with van der Waals surface area (Å²) < 4.78 is 23.6. The smallest absolute Gasteiger partial charge is 0.306 e. The van der Waals surface area contributed by atoms with Crippen LogP contribution in [0.1, 0.15) is 214 Å². The molecule has 0 saturated heterocycles. The first-order chi connectivity index (χ1) is 29.8. The highest BCUT2D eigenvalue weighted by Gasteiger charge is 2.19. The van der Waals surface area contributed by atoms with E-state index >= 15 is 0 Å². The first-order valence-electron chi connectivity index (χ1n) is 25.3. The van der Waals surface area contributed by atoms with E-state index in [1.165, 1.54) is 96.3 Å². The van der Waals surface area contributed by atoms with E-state index in [4.69, 9.17) is 18.9 Å². The van der Waals surface area contributed by atoms with Crippen molar-refractivity contribution in [2.45, 2.75) is 226 Å². The lowest BCUT2D eigenvalue weighted by Crippen LogP contribution is -2.37. The molecule has 0 heterocycles. The second-order valence-corrected chi connectivity index (χ2v) is 17.2. The summed E-state index contributed by atoms with van der Waals surface area (Å²) in [6, 6.07) is 0. The lowest BCUT2D eigenvalue weighted by atomic mass is 10.0. The number of hydrogen-bond acceptors (Lipinski definition) is 11.